The Bertz CT molecular complexity index is 168. The molecule has 0 amide bonds. The van der Waals surface area contributed by atoms with E-state index in [1.54, 1.807) is 0 Å². The van der Waals surface area contributed by atoms with Crippen LogP contribution in [-0.2, 0) is 0 Å². The summed E-state index contributed by atoms with van der Waals surface area (Å²) in [6, 6.07) is 0. The molecule has 1 nitrogen and oxygen atoms in total. The highest BCUT2D eigenvalue weighted by Crippen LogP contribution is 2.27. The van der Waals surface area contributed by atoms with E-state index in [2.05, 4.69) is 13.0 Å². The van der Waals surface area contributed by atoms with E-state index in [1.165, 1.54) is 5.57 Å². The van der Waals surface area contributed by atoms with Crippen molar-refractivity contribution in [3.8, 4) is 0 Å². The van der Waals surface area contributed by atoms with Crippen molar-refractivity contribution in [2.45, 2.75) is 25.9 Å². The molecule has 0 unspecified atom stereocenters. The molecule has 0 aromatic carbocycles. The molecule has 1 aliphatic rings. The van der Waals surface area contributed by atoms with Gasteiger partial charge in [0.15, 0.2) is 0 Å². The summed E-state index contributed by atoms with van der Waals surface area (Å²) < 4.78 is 0. The summed E-state index contributed by atoms with van der Waals surface area (Å²) in [5.74, 6) is 0. The quantitative estimate of drug-likeness (QED) is 0.576. The zero-order chi connectivity index (χ0) is 7.56. The number of hydrogen-bond donors (Lipinski definition) is 1. The lowest BCUT2D eigenvalue weighted by molar-refractivity contribution is 0.216. The lowest BCUT2D eigenvalue weighted by Gasteiger charge is -2.04. The van der Waals surface area contributed by atoms with E-state index in [0.717, 1.165) is 18.4 Å². The van der Waals surface area contributed by atoms with Gasteiger partial charge in [0.05, 0.1) is 6.10 Å². The average molecular weight is 137 g/mol. The van der Waals surface area contributed by atoms with Crippen molar-refractivity contribution >= 4 is 0 Å². The average Bonchev–Trinajstić information content (AvgIpc) is 2.20. The largest absolute Gasteiger partial charge is 0.389 e. The summed E-state index contributed by atoms with van der Waals surface area (Å²) in [7, 11) is 0. The molecular weight excluding hydrogens is 124 g/mol. The van der Waals surface area contributed by atoms with Gasteiger partial charge in [-0.3, -0.25) is 0 Å². The van der Waals surface area contributed by atoms with E-state index < -0.39 is 0 Å². The summed E-state index contributed by atoms with van der Waals surface area (Å²) in [5, 5.41) is 9.35. The third kappa shape index (κ3) is 1.29. The molecular formula is C9H13O. The zero-order valence-corrected chi connectivity index (χ0v) is 6.30. The van der Waals surface area contributed by atoms with Crippen molar-refractivity contribution in [3.05, 3.63) is 30.2 Å². The van der Waals surface area contributed by atoms with Gasteiger partial charge in [-0.2, -0.15) is 0 Å². The number of aliphatic hydroxyl groups excluding tert-OH is 1. The molecule has 0 saturated carbocycles. The smallest absolute Gasteiger partial charge is 0.0761 e. The molecule has 0 heterocycles. The van der Waals surface area contributed by atoms with Crippen molar-refractivity contribution in [2.24, 2.45) is 0 Å². The van der Waals surface area contributed by atoms with Gasteiger partial charge in [-0.15, -0.1) is 6.58 Å². The standard InChI is InChI=1S/C9H13O/c1-3-4-8-7(2)5-6-9(8)10/h3,5,9-10H,1,4,6H2,2H3/t9-/m0/s1. The Balaban J connectivity index is 2.67. The molecule has 55 valence electrons. The minimum absolute atomic E-state index is 0.238. The first kappa shape index (κ1) is 7.55. The van der Waals surface area contributed by atoms with Gasteiger partial charge in [0, 0.05) is 0 Å². The van der Waals surface area contributed by atoms with Crippen molar-refractivity contribution in [3.63, 3.8) is 0 Å². The molecule has 0 aromatic heterocycles. The molecule has 0 aliphatic heterocycles. The fraction of sp³-hybridized carbons (Fsp3) is 0.444. The Morgan fingerprint density at radius 1 is 1.90 bits per heavy atom. The van der Waals surface area contributed by atoms with Crippen molar-refractivity contribution in [1.29, 1.82) is 0 Å². The first-order valence-corrected chi connectivity index (χ1v) is 3.57. The van der Waals surface area contributed by atoms with Crippen LogP contribution in [0.2, 0.25) is 0 Å². The van der Waals surface area contributed by atoms with Crippen LogP contribution in [0.15, 0.2) is 23.8 Å². The van der Waals surface area contributed by atoms with Crippen LogP contribution in [0.25, 0.3) is 0 Å². The molecule has 1 rings (SSSR count). The second kappa shape index (κ2) is 3.02. The fourth-order valence-electron chi connectivity index (χ4n) is 1.28. The van der Waals surface area contributed by atoms with Gasteiger partial charge in [0.25, 0.3) is 0 Å². The van der Waals surface area contributed by atoms with Crippen LogP contribution in [0.3, 0.4) is 0 Å². The van der Waals surface area contributed by atoms with E-state index in [4.69, 9.17) is 0 Å². The van der Waals surface area contributed by atoms with Gasteiger partial charge in [0.1, 0.15) is 0 Å². The zero-order valence-electron chi connectivity index (χ0n) is 6.30. The van der Waals surface area contributed by atoms with Gasteiger partial charge < -0.3 is 5.11 Å². The van der Waals surface area contributed by atoms with Gasteiger partial charge >= 0.3 is 0 Å². The Morgan fingerprint density at radius 2 is 2.60 bits per heavy atom. The lowest BCUT2D eigenvalue weighted by atomic mass is 10.1. The first-order chi connectivity index (χ1) is 4.75. The van der Waals surface area contributed by atoms with E-state index in [9.17, 15) is 5.11 Å². The van der Waals surface area contributed by atoms with Crippen molar-refractivity contribution in [1.82, 2.24) is 0 Å². The Hall–Kier alpha value is -0.560. The van der Waals surface area contributed by atoms with Gasteiger partial charge in [-0.1, -0.05) is 11.6 Å². The molecule has 1 atom stereocenters. The van der Waals surface area contributed by atoms with Gasteiger partial charge in [-0.05, 0) is 31.8 Å². The van der Waals surface area contributed by atoms with Crippen LogP contribution in [0.5, 0.6) is 0 Å². The second-order valence-electron chi connectivity index (χ2n) is 2.66. The van der Waals surface area contributed by atoms with Crippen LogP contribution in [0.4, 0.5) is 0 Å². The summed E-state index contributed by atoms with van der Waals surface area (Å²) in [4.78, 5) is 0. The van der Waals surface area contributed by atoms with E-state index in [0.29, 0.717) is 0 Å². The lowest BCUT2D eigenvalue weighted by Crippen LogP contribution is -2.03. The SMILES string of the molecule is C=CCC1=C(C)[CH]C[C@@H]1O. The summed E-state index contributed by atoms with van der Waals surface area (Å²) in [6.45, 7) is 5.67. The number of aliphatic hydroxyl groups is 1. The molecule has 1 heteroatoms. The molecule has 1 radical (unpaired) electrons. The predicted molar refractivity (Wildman–Crippen MR) is 42.4 cm³/mol. The molecule has 0 saturated heterocycles. The topological polar surface area (TPSA) is 20.2 Å². The molecule has 10 heavy (non-hydrogen) atoms. The minimum atomic E-state index is -0.238. The monoisotopic (exact) mass is 137 g/mol. The van der Waals surface area contributed by atoms with Gasteiger partial charge in [-0.25, -0.2) is 0 Å². The maximum Gasteiger partial charge on any atom is 0.0761 e. The normalized spacial score (nSPS) is 25.6. The molecule has 1 N–H and O–H groups in total. The minimum Gasteiger partial charge on any atom is -0.389 e. The third-order valence-electron chi connectivity index (χ3n) is 1.92. The van der Waals surface area contributed by atoms with Crippen LogP contribution in [0, 0.1) is 6.42 Å². The van der Waals surface area contributed by atoms with E-state index in [1.807, 2.05) is 13.0 Å². The molecule has 1 aliphatic carbocycles. The predicted octanol–water partition coefficient (Wildman–Crippen LogP) is 1.85. The summed E-state index contributed by atoms with van der Waals surface area (Å²) >= 11 is 0. The Labute approximate surface area is 62.1 Å². The maximum absolute atomic E-state index is 9.35. The van der Waals surface area contributed by atoms with Crippen molar-refractivity contribution in [2.75, 3.05) is 0 Å². The third-order valence-corrected chi connectivity index (χ3v) is 1.92. The van der Waals surface area contributed by atoms with Crippen LogP contribution in [0.1, 0.15) is 19.8 Å². The second-order valence-corrected chi connectivity index (χ2v) is 2.66. The number of hydrogen-bond acceptors (Lipinski definition) is 1. The fourth-order valence-corrected chi connectivity index (χ4v) is 1.28. The van der Waals surface area contributed by atoms with Crippen LogP contribution in [-0.4, -0.2) is 11.2 Å². The Kier molecular flexibility index (Phi) is 2.28. The first-order valence-electron chi connectivity index (χ1n) is 3.57. The highest BCUT2D eigenvalue weighted by Gasteiger charge is 2.19. The Morgan fingerprint density at radius 3 is 3.00 bits per heavy atom. The summed E-state index contributed by atoms with van der Waals surface area (Å²) in [6.07, 6.45) is 5.28. The van der Waals surface area contributed by atoms with Crippen molar-refractivity contribution < 1.29 is 5.11 Å². The number of rotatable bonds is 2. The van der Waals surface area contributed by atoms with E-state index >= 15 is 0 Å². The molecule has 0 fully saturated rings. The van der Waals surface area contributed by atoms with Crippen LogP contribution < -0.4 is 0 Å². The highest BCUT2D eigenvalue weighted by molar-refractivity contribution is 5.31. The van der Waals surface area contributed by atoms with Gasteiger partial charge in [0.2, 0.25) is 0 Å². The number of allylic oxidation sites excluding steroid dienone is 2. The summed E-state index contributed by atoms with van der Waals surface area (Å²) in [5.41, 5.74) is 2.36. The van der Waals surface area contributed by atoms with Crippen LogP contribution >= 0.6 is 0 Å². The molecule has 0 bridgehead atoms. The van der Waals surface area contributed by atoms with E-state index in [-0.39, 0.29) is 6.10 Å². The maximum atomic E-state index is 9.35. The highest BCUT2D eigenvalue weighted by atomic mass is 16.3. The molecule has 0 spiro atoms. The molecule has 0 aromatic rings.